The van der Waals surface area contributed by atoms with Crippen molar-refractivity contribution in [1.29, 1.82) is 0 Å². The molecule has 1 fully saturated rings. The molecule has 6 nitrogen and oxygen atoms in total. The first kappa shape index (κ1) is 18.4. The van der Waals surface area contributed by atoms with Gasteiger partial charge in [-0.25, -0.2) is 0 Å². The van der Waals surface area contributed by atoms with Crippen LogP contribution in [0.15, 0.2) is 53.6 Å². The maximum absolute atomic E-state index is 10.9. The molecular formula is C19H22ClN4O2+. The Morgan fingerprint density at radius 1 is 1.23 bits per heavy atom. The molecule has 0 bridgehead atoms. The van der Waals surface area contributed by atoms with Crippen LogP contribution in [0, 0.1) is 10.1 Å². The van der Waals surface area contributed by atoms with Crippen LogP contribution in [0.2, 0.25) is 5.02 Å². The van der Waals surface area contributed by atoms with Gasteiger partial charge in [-0.3, -0.25) is 15.1 Å². The Labute approximate surface area is 157 Å². The number of nitrogens with one attached hydrogen (secondary N) is 1. The molecule has 1 aliphatic rings. The molecule has 3 rings (SSSR count). The smallest absolute Gasteiger partial charge is 0.270 e. The van der Waals surface area contributed by atoms with Crippen molar-refractivity contribution in [2.45, 2.75) is 13.5 Å². The lowest BCUT2D eigenvalue weighted by atomic mass is 10.1. The minimum absolute atomic E-state index is 0.0919. The van der Waals surface area contributed by atoms with Crippen LogP contribution in [0.5, 0.6) is 0 Å². The van der Waals surface area contributed by atoms with Crippen molar-refractivity contribution in [3.8, 4) is 0 Å². The molecule has 0 amide bonds. The van der Waals surface area contributed by atoms with Crippen molar-refractivity contribution in [2.24, 2.45) is 5.10 Å². The first-order valence-corrected chi connectivity index (χ1v) is 9.02. The van der Waals surface area contributed by atoms with E-state index in [-0.39, 0.29) is 10.6 Å². The molecule has 1 saturated heterocycles. The lowest BCUT2D eigenvalue weighted by Gasteiger charge is -2.31. The van der Waals surface area contributed by atoms with Crippen molar-refractivity contribution in [3.63, 3.8) is 0 Å². The number of piperazine rings is 1. The predicted molar refractivity (Wildman–Crippen MR) is 103 cm³/mol. The summed E-state index contributed by atoms with van der Waals surface area (Å²) in [4.78, 5) is 12.1. The van der Waals surface area contributed by atoms with E-state index in [1.807, 2.05) is 25.1 Å². The first-order valence-electron chi connectivity index (χ1n) is 8.64. The zero-order valence-corrected chi connectivity index (χ0v) is 15.4. The number of non-ortho nitro benzene ring substituents is 1. The van der Waals surface area contributed by atoms with E-state index in [2.05, 4.69) is 22.2 Å². The molecule has 0 unspecified atom stereocenters. The Bertz CT molecular complexity index is 799. The largest absolute Gasteiger partial charge is 0.328 e. The van der Waals surface area contributed by atoms with Gasteiger partial charge in [0.25, 0.3) is 5.69 Å². The van der Waals surface area contributed by atoms with Gasteiger partial charge in [0.2, 0.25) is 0 Å². The van der Waals surface area contributed by atoms with Crippen LogP contribution in [0.3, 0.4) is 0 Å². The Kier molecular flexibility index (Phi) is 5.85. The summed E-state index contributed by atoms with van der Waals surface area (Å²) in [6, 6.07) is 14.6. The van der Waals surface area contributed by atoms with Crippen LogP contribution >= 0.6 is 11.6 Å². The fourth-order valence-electron chi connectivity index (χ4n) is 3.09. The van der Waals surface area contributed by atoms with Crippen molar-refractivity contribution in [2.75, 3.05) is 26.2 Å². The number of nitro groups is 1. The average Bonchev–Trinajstić information content (AvgIpc) is 2.65. The highest BCUT2D eigenvalue weighted by Gasteiger charge is 2.19. The third-order valence-corrected chi connectivity index (χ3v) is 4.83. The van der Waals surface area contributed by atoms with Gasteiger partial charge in [0, 0.05) is 28.3 Å². The van der Waals surface area contributed by atoms with E-state index in [0.29, 0.717) is 0 Å². The lowest BCUT2D eigenvalue weighted by molar-refractivity contribution is -0.918. The molecule has 2 aromatic carbocycles. The molecule has 0 atom stereocenters. The zero-order valence-electron chi connectivity index (χ0n) is 14.7. The summed E-state index contributed by atoms with van der Waals surface area (Å²) in [5, 5.41) is 18.4. The SMILES string of the molecule is C/C(=N\N1CC[NH+](Cc2ccc(Cl)cc2)CC1)c1cccc([N+](=O)[O-])c1. The second-order valence-corrected chi connectivity index (χ2v) is 6.94. The van der Waals surface area contributed by atoms with Crippen molar-refractivity contribution in [1.82, 2.24) is 5.01 Å². The molecular weight excluding hydrogens is 352 g/mol. The summed E-state index contributed by atoms with van der Waals surface area (Å²) in [5.41, 5.74) is 2.97. The standard InChI is InChI=1S/C19H21ClN4O2/c1-15(17-3-2-4-19(13-17)24(25)26)21-23-11-9-22(10-12-23)14-16-5-7-18(20)8-6-16/h2-8,13H,9-12,14H2,1H3/p+1/b21-15+. The molecule has 136 valence electrons. The molecule has 7 heteroatoms. The van der Waals surface area contributed by atoms with Crippen LogP contribution in [0.4, 0.5) is 5.69 Å². The summed E-state index contributed by atoms with van der Waals surface area (Å²) >= 11 is 5.93. The van der Waals surface area contributed by atoms with E-state index in [4.69, 9.17) is 11.6 Å². The molecule has 0 aliphatic carbocycles. The number of hydrogen-bond acceptors (Lipinski definition) is 4. The van der Waals surface area contributed by atoms with Crippen LogP contribution in [-0.4, -0.2) is 41.8 Å². The molecule has 1 N–H and O–H groups in total. The van der Waals surface area contributed by atoms with Crippen LogP contribution in [0.25, 0.3) is 0 Å². The minimum Gasteiger partial charge on any atom is -0.328 e. The van der Waals surface area contributed by atoms with E-state index >= 15 is 0 Å². The number of hydrogen-bond donors (Lipinski definition) is 1. The summed E-state index contributed by atoms with van der Waals surface area (Å²) in [6.07, 6.45) is 0. The summed E-state index contributed by atoms with van der Waals surface area (Å²) < 4.78 is 0. The van der Waals surface area contributed by atoms with Gasteiger partial charge in [-0.15, -0.1) is 0 Å². The maximum atomic E-state index is 10.9. The molecule has 2 aromatic rings. The topological polar surface area (TPSA) is 63.2 Å². The predicted octanol–water partition coefficient (Wildman–Crippen LogP) is 2.37. The Balaban J connectivity index is 1.57. The van der Waals surface area contributed by atoms with Crippen LogP contribution in [0.1, 0.15) is 18.1 Å². The van der Waals surface area contributed by atoms with E-state index in [0.717, 1.165) is 49.0 Å². The number of nitrogens with zero attached hydrogens (tertiary/aromatic N) is 3. The van der Waals surface area contributed by atoms with Gasteiger partial charge < -0.3 is 4.90 Å². The quantitative estimate of drug-likeness (QED) is 0.497. The highest BCUT2D eigenvalue weighted by Crippen LogP contribution is 2.14. The molecule has 0 aromatic heterocycles. The lowest BCUT2D eigenvalue weighted by Crippen LogP contribution is -3.13. The van der Waals surface area contributed by atoms with Gasteiger partial charge in [-0.1, -0.05) is 35.9 Å². The van der Waals surface area contributed by atoms with Gasteiger partial charge in [0.05, 0.1) is 36.8 Å². The Morgan fingerprint density at radius 2 is 1.92 bits per heavy atom. The fourth-order valence-corrected chi connectivity index (χ4v) is 3.22. The monoisotopic (exact) mass is 373 g/mol. The van der Waals surface area contributed by atoms with Crippen LogP contribution < -0.4 is 4.90 Å². The number of benzene rings is 2. The van der Waals surface area contributed by atoms with Crippen LogP contribution in [-0.2, 0) is 6.54 Å². The van der Waals surface area contributed by atoms with Gasteiger partial charge in [-0.2, -0.15) is 5.10 Å². The average molecular weight is 374 g/mol. The van der Waals surface area contributed by atoms with Gasteiger partial charge in [0.1, 0.15) is 6.54 Å². The zero-order chi connectivity index (χ0) is 18.5. The fraction of sp³-hybridized carbons (Fsp3) is 0.316. The number of quaternary nitrogens is 1. The van der Waals surface area contributed by atoms with Crippen molar-refractivity contribution >= 4 is 23.0 Å². The molecule has 26 heavy (non-hydrogen) atoms. The molecule has 0 spiro atoms. The first-order chi connectivity index (χ1) is 12.5. The molecule has 1 aliphatic heterocycles. The highest BCUT2D eigenvalue weighted by atomic mass is 35.5. The summed E-state index contributed by atoms with van der Waals surface area (Å²) in [6.45, 7) is 6.64. The maximum Gasteiger partial charge on any atom is 0.270 e. The van der Waals surface area contributed by atoms with E-state index in [1.54, 1.807) is 12.1 Å². The second kappa shape index (κ2) is 8.29. The molecule has 0 radical (unpaired) electrons. The second-order valence-electron chi connectivity index (χ2n) is 6.50. The molecule has 0 saturated carbocycles. The number of halogens is 1. The minimum atomic E-state index is -0.379. The van der Waals surface area contributed by atoms with Crippen molar-refractivity contribution in [3.05, 3.63) is 74.8 Å². The number of rotatable bonds is 5. The Morgan fingerprint density at radius 3 is 2.58 bits per heavy atom. The van der Waals surface area contributed by atoms with Crippen molar-refractivity contribution < 1.29 is 9.82 Å². The summed E-state index contributed by atoms with van der Waals surface area (Å²) in [7, 11) is 0. The van der Waals surface area contributed by atoms with Gasteiger partial charge in [0.15, 0.2) is 0 Å². The number of hydrazone groups is 1. The third kappa shape index (κ3) is 4.80. The van der Waals surface area contributed by atoms with E-state index < -0.39 is 0 Å². The van der Waals surface area contributed by atoms with Gasteiger partial charge in [-0.05, 0) is 19.1 Å². The van der Waals surface area contributed by atoms with E-state index in [1.165, 1.54) is 16.5 Å². The highest BCUT2D eigenvalue weighted by molar-refractivity contribution is 6.30. The summed E-state index contributed by atoms with van der Waals surface area (Å²) in [5.74, 6) is 0. The number of nitro benzene ring substituents is 1. The Hall–Kier alpha value is -2.44. The van der Waals surface area contributed by atoms with Gasteiger partial charge >= 0.3 is 0 Å². The molecule has 1 heterocycles. The normalized spacial score (nSPS) is 15.9. The van der Waals surface area contributed by atoms with E-state index in [9.17, 15) is 10.1 Å². The third-order valence-electron chi connectivity index (χ3n) is 4.58.